The second kappa shape index (κ2) is 9.16. The lowest BCUT2D eigenvalue weighted by Crippen LogP contribution is -2.14. The van der Waals surface area contributed by atoms with Gasteiger partial charge >= 0.3 is 0 Å². The van der Waals surface area contributed by atoms with Crippen LogP contribution in [0.3, 0.4) is 0 Å². The van der Waals surface area contributed by atoms with Crippen molar-refractivity contribution in [3.8, 4) is 5.75 Å². The van der Waals surface area contributed by atoms with Crippen LogP contribution in [0.5, 0.6) is 5.75 Å². The number of hydrogen-bond donors (Lipinski definition) is 2. The van der Waals surface area contributed by atoms with E-state index >= 15 is 0 Å². The van der Waals surface area contributed by atoms with E-state index in [1.807, 2.05) is 25.1 Å². The molecule has 0 saturated heterocycles. The quantitative estimate of drug-likeness (QED) is 0.713. The highest BCUT2D eigenvalue weighted by Crippen LogP contribution is 2.25. The average molecular weight is 366 g/mol. The van der Waals surface area contributed by atoms with Crippen LogP contribution in [0.1, 0.15) is 48.0 Å². The van der Waals surface area contributed by atoms with E-state index in [0.29, 0.717) is 22.9 Å². The van der Waals surface area contributed by atoms with Crippen LogP contribution in [-0.4, -0.2) is 29.5 Å². The molecule has 0 atom stereocenters. The predicted octanol–water partition coefficient (Wildman–Crippen LogP) is 4.35. The van der Waals surface area contributed by atoms with E-state index in [2.05, 4.69) is 26.7 Å². The first-order valence-electron chi connectivity index (χ1n) is 9.35. The van der Waals surface area contributed by atoms with Crippen molar-refractivity contribution >= 4 is 17.5 Å². The molecular formula is C21H26N4O2. The van der Waals surface area contributed by atoms with E-state index in [1.54, 1.807) is 7.11 Å². The lowest BCUT2D eigenvalue weighted by molar-refractivity contribution is 0.102. The molecule has 0 radical (unpaired) electrons. The molecule has 0 fully saturated rings. The van der Waals surface area contributed by atoms with Crippen molar-refractivity contribution in [2.24, 2.45) is 0 Å². The molecular weight excluding hydrogens is 340 g/mol. The largest absolute Gasteiger partial charge is 0.495 e. The molecule has 0 bridgehead atoms. The summed E-state index contributed by atoms with van der Waals surface area (Å²) < 4.78 is 5.29. The van der Waals surface area contributed by atoms with Crippen LogP contribution < -0.4 is 15.4 Å². The van der Waals surface area contributed by atoms with E-state index in [9.17, 15) is 4.79 Å². The molecule has 2 aromatic rings. The van der Waals surface area contributed by atoms with Gasteiger partial charge < -0.3 is 15.4 Å². The number of allylic oxidation sites excluding steroid dienone is 1. The molecule has 0 saturated carbocycles. The fourth-order valence-corrected chi connectivity index (χ4v) is 3.12. The van der Waals surface area contributed by atoms with Gasteiger partial charge in [-0.15, -0.1) is 0 Å². The lowest BCUT2D eigenvalue weighted by Gasteiger charge is -2.13. The highest BCUT2D eigenvalue weighted by atomic mass is 16.5. The van der Waals surface area contributed by atoms with Crippen molar-refractivity contribution in [1.82, 2.24) is 9.97 Å². The molecule has 1 aromatic carbocycles. The van der Waals surface area contributed by atoms with Crippen LogP contribution in [0.4, 0.5) is 11.6 Å². The molecule has 0 aliphatic heterocycles. The topological polar surface area (TPSA) is 76.1 Å². The third kappa shape index (κ3) is 5.29. The third-order valence-corrected chi connectivity index (χ3v) is 4.63. The second-order valence-corrected chi connectivity index (χ2v) is 6.74. The van der Waals surface area contributed by atoms with E-state index in [4.69, 9.17) is 4.74 Å². The molecule has 0 unspecified atom stereocenters. The van der Waals surface area contributed by atoms with Gasteiger partial charge in [-0.25, -0.2) is 9.97 Å². The number of nitrogens with one attached hydrogen (secondary N) is 2. The molecule has 0 spiro atoms. The van der Waals surface area contributed by atoms with Crippen LogP contribution in [0, 0.1) is 6.92 Å². The summed E-state index contributed by atoms with van der Waals surface area (Å²) in [6.07, 6.45) is 11.4. The highest BCUT2D eigenvalue weighted by molar-refractivity contribution is 6.04. The number of hydrogen-bond acceptors (Lipinski definition) is 5. The van der Waals surface area contributed by atoms with Crippen LogP contribution in [0.2, 0.25) is 0 Å². The zero-order valence-electron chi connectivity index (χ0n) is 15.9. The third-order valence-electron chi connectivity index (χ3n) is 4.63. The van der Waals surface area contributed by atoms with Gasteiger partial charge in [-0.1, -0.05) is 17.7 Å². The predicted molar refractivity (Wildman–Crippen MR) is 107 cm³/mol. The Bertz CT molecular complexity index is 815. The highest BCUT2D eigenvalue weighted by Gasteiger charge is 2.11. The average Bonchev–Trinajstić information content (AvgIpc) is 2.69. The van der Waals surface area contributed by atoms with Gasteiger partial charge in [0.1, 0.15) is 5.75 Å². The van der Waals surface area contributed by atoms with Crippen LogP contribution in [0.15, 0.2) is 42.2 Å². The van der Waals surface area contributed by atoms with Crippen molar-refractivity contribution in [3.63, 3.8) is 0 Å². The number of nitrogens with zero attached hydrogens (tertiary/aromatic N) is 2. The molecule has 6 nitrogen and oxygen atoms in total. The Balaban J connectivity index is 1.55. The number of methoxy groups -OCH3 is 1. The normalized spacial score (nSPS) is 13.6. The minimum atomic E-state index is -0.266. The van der Waals surface area contributed by atoms with Crippen molar-refractivity contribution in [2.45, 2.75) is 39.0 Å². The summed E-state index contributed by atoms with van der Waals surface area (Å²) in [5.74, 6) is 0.888. The van der Waals surface area contributed by atoms with E-state index < -0.39 is 0 Å². The zero-order valence-corrected chi connectivity index (χ0v) is 15.9. The molecule has 1 aliphatic rings. The number of amides is 1. The van der Waals surface area contributed by atoms with Gasteiger partial charge in [-0.3, -0.25) is 4.79 Å². The summed E-state index contributed by atoms with van der Waals surface area (Å²) in [7, 11) is 1.58. The molecule has 1 heterocycles. The first kappa shape index (κ1) is 18.9. The number of carbonyl (C=O) groups excluding carboxylic acids is 1. The molecule has 6 heteroatoms. The smallest absolute Gasteiger partial charge is 0.258 e. The van der Waals surface area contributed by atoms with Crippen molar-refractivity contribution in [1.29, 1.82) is 0 Å². The number of rotatable bonds is 7. The van der Waals surface area contributed by atoms with Crippen LogP contribution >= 0.6 is 0 Å². The summed E-state index contributed by atoms with van der Waals surface area (Å²) in [4.78, 5) is 21.0. The van der Waals surface area contributed by atoms with Crippen molar-refractivity contribution < 1.29 is 9.53 Å². The molecule has 27 heavy (non-hydrogen) atoms. The maximum Gasteiger partial charge on any atom is 0.258 e. The van der Waals surface area contributed by atoms with Gasteiger partial charge in [-0.2, -0.15) is 0 Å². The van der Waals surface area contributed by atoms with Crippen LogP contribution in [-0.2, 0) is 0 Å². The van der Waals surface area contributed by atoms with Crippen LogP contribution in [0.25, 0.3) is 0 Å². The Kier molecular flexibility index (Phi) is 6.41. The number of aromatic nitrogens is 2. The van der Waals surface area contributed by atoms with Crippen molar-refractivity contribution in [2.75, 3.05) is 24.3 Å². The standard InChI is InChI=1S/C21H26N4O2/c1-15-8-9-19(27-2)18(12-15)25-20(26)17-13-23-21(24-14-17)22-11-10-16-6-4-3-5-7-16/h6,8-9,12-14H,3-5,7,10-11H2,1-2H3,(H,25,26)(H,22,23,24). The van der Waals surface area contributed by atoms with Gasteiger partial charge in [-0.05, 0) is 56.7 Å². The lowest BCUT2D eigenvalue weighted by atomic mass is 9.97. The maximum atomic E-state index is 12.5. The summed E-state index contributed by atoms with van der Waals surface area (Å²) in [6, 6.07) is 5.63. The minimum absolute atomic E-state index is 0.266. The zero-order chi connectivity index (χ0) is 19.1. The van der Waals surface area contributed by atoms with E-state index in [1.165, 1.54) is 43.7 Å². The SMILES string of the molecule is COc1ccc(C)cc1NC(=O)c1cnc(NCCC2=CCCCC2)nc1. The number of carbonyl (C=O) groups is 1. The summed E-state index contributed by atoms with van der Waals surface area (Å²) in [6.45, 7) is 2.76. The Hall–Kier alpha value is -2.89. The first-order chi connectivity index (χ1) is 13.2. The van der Waals surface area contributed by atoms with Gasteiger partial charge in [0.05, 0.1) is 18.4 Å². The summed E-state index contributed by atoms with van der Waals surface area (Å²) >= 11 is 0. The summed E-state index contributed by atoms with van der Waals surface area (Å²) in [5.41, 5.74) is 3.58. The van der Waals surface area contributed by atoms with Gasteiger partial charge in [0.2, 0.25) is 5.95 Å². The Labute approximate surface area is 160 Å². The van der Waals surface area contributed by atoms with E-state index in [0.717, 1.165) is 18.5 Å². The Morgan fingerprint density at radius 2 is 2.04 bits per heavy atom. The molecule has 1 aliphatic carbocycles. The number of aryl methyl sites for hydroxylation is 1. The van der Waals surface area contributed by atoms with Gasteiger partial charge in [0, 0.05) is 18.9 Å². The number of benzene rings is 1. The fraction of sp³-hybridized carbons (Fsp3) is 0.381. The molecule has 142 valence electrons. The summed E-state index contributed by atoms with van der Waals surface area (Å²) in [5, 5.41) is 6.07. The van der Waals surface area contributed by atoms with Gasteiger partial charge in [0.15, 0.2) is 0 Å². The minimum Gasteiger partial charge on any atom is -0.495 e. The van der Waals surface area contributed by atoms with Crippen molar-refractivity contribution in [3.05, 3.63) is 53.4 Å². The number of ether oxygens (including phenoxy) is 1. The monoisotopic (exact) mass is 366 g/mol. The Morgan fingerprint density at radius 3 is 2.74 bits per heavy atom. The molecule has 2 N–H and O–H groups in total. The fourth-order valence-electron chi connectivity index (χ4n) is 3.12. The maximum absolute atomic E-state index is 12.5. The molecule has 3 rings (SSSR count). The first-order valence-corrected chi connectivity index (χ1v) is 9.35. The number of anilines is 2. The second-order valence-electron chi connectivity index (χ2n) is 6.74. The molecule has 1 aromatic heterocycles. The Morgan fingerprint density at radius 1 is 1.22 bits per heavy atom. The van der Waals surface area contributed by atoms with E-state index in [-0.39, 0.29) is 5.91 Å². The molecule has 1 amide bonds. The van der Waals surface area contributed by atoms with Gasteiger partial charge in [0.25, 0.3) is 5.91 Å².